The minimum Gasteiger partial charge on any atom is -0.396 e. The van der Waals surface area contributed by atoms with Crippen molar-refractivity contribution in [2.24, 2.45) is 11.3 Å². The maximum Gasteiger partial charge on any atom is 0.0501 e. The van der Waals surface area contributed by atoms with Crippen LogP contribution in [0.5, 0.6) is 0 Å². The SMILES string of the molecule is OCC1(CN2CCCC3CCCC32)CCOCC1. The molecule has 1 aliphatic carbocycles. The van der Waals surface area contributed by atoms with E-state index < -0.39 is 0 Å². The first kappa shape index (κ1) is 12.9. The van der Waals surface area contributed by atoms with Crippen LogP contribution in [0.2, 0.25) is 0 Å². The molecule has 3 fully saturated rings. The van der Waals surface area contributed by atoms with Crippen molar-refractivity contribution in [2.75, 3.05) is 32.9 Å². The first-order valence-electron chi connectivity index (χ1n) is 7.76. The highest BCUT2D eigenvalue weighted by Gasteiger charge is 2.40. The maximum absolute atomic E-state index is 9.83. The second kappa shape index (κ2) is 5.48. The fourth-order valence-electron chi connectivity index (χ4n) is 4.35. The lowest BCUT2D eigenvalue weighted by Gasteiger charge is -2.45. The number of piperidine rings is 1. The summed E-state index contributed by atoms with van der Waals surface area (Å²) >= 11 is 0. The molecule has 2 atom stereocenters. The zero-order valence-electron chi connectivity index (χ0n) is 11.4. The Labute approximate surface area is 110 Å². The molecule has 2 saturated heterocycles. The fraction of sp³-hybridized carbons (Fsp3) is 1.00. The summed E-state index contributed by atoms with van der Waals surface area (Å²) < 4.78 is 5.47. The molecule has 1 N–H and O–H groups in total. The number of likely N-dealkylation sites (tertiary alicyclic amines) is 1. The Hall–Kier alpha value is -0.120. The monoisotopic (exact) mass is 253 g/mol. The minimum atomic E-state index is 0.128. The van der Waals surface area contributed by atoms with Gasteiger partial charge in [0.2, 0.25) is 0 Å². The van der Waals surface area contributed by atoms with Gasteiger partial charge < -0.3 is 9.84 Å². The summed E-state index contributed by atoms with van der Waals surface area (Å²) in [5, 5.41) is 9.83. The second-order valence-electron chi connectivity index (χ2n) is 6.64. The highest BCUT2D eigenvalue weighted by atomic mass is 16.5. The third-order valence-corrected chi connectivity index (χ3v) is 5.54. The van der Waals surface area contributed by atoms with Gasteiger partial charge in [0.25, 0.3) is 0 Å². The lowest BCUT2D eigenvalue weighted by molar-refractivity contribution is -0.0487. The van der Waals surface area contributed by atoms with E-state index in [1.807, 2.05) is 0 Å². The van der Waals surface area contributed by atoms with Gasteiger partial charge in [-0.1, -0.05) is 6.42 Å². The van der Waals surface area contributed by atoms with Crippen molar-refractivity contribution in [3.05, 3.63) is 0 Å². The Bertz CT molecular complexity index is 276. The Morgan fingerprint density at radius 3 is 2.67 bits per heavy atom. The lowest BCUT2D eigenvalue weighted by Crippen LogP contribution is -2.50. The van der Waals surface area contributed by atoms with Crippen LogP contribution in [0.4, 0.5) is 0 Å². The molecule has 18 heavy (non-hydrogen) atoms. The van der Waals surface area contributed by atoms with E-state index in [1.165, 1.54) is 38.6 Å². The fourth-order valence-corrected chi connectivity index (χ4v) is 4.35. The first-order valence-corrected chi connectivity index (χ1v) is 7.76. The van der Waals surface area contributed by atoms with E-state index in [9.17, 15) is 5.11 Å². The van der Waals surface area contributed by atoms with Crippen LogP contribution in [0.3, 0.4) is 0 Å². The van der Waals surface area contributed by atoms with Crippen LogP contribution in [-0.4, -0.2) is 49.0 Å². The van der Waals surface area contributed by atoms with Crippen LogP contribution in [0.25, 0.3) is 0 Å². The average molecular weight is 253 g/mol. The second-order valence-corrected chi connectivity index (χ2v) is 6.64. The Kier molecular flexibility index (Phi) is 3.92. The minimum absolute atomic E-state index is 0.128. The van der Waals surface area contributed by atoms with Crippen molar-refractivity contribution < 1.29 is 9.84 Å². The zero-order chi connectivity index (χ0) is 12.4. The molecule has 2 unspecified atom stereocenters. The molecule has 3 heteroatoms. The number of hydrogen-bond donors (Lipinski definition) is 1. The van der Waals surface area contributed by atoms with Gasteiger partial charge in [-0.2, -0.15) is 0 Å². The summed E-state index contributed by atoms with van der Waals surface area (Å²) in [4.78, 5) is 2.71. The predicted molar refractivity (Wildman–Crippen MR) is 71.5 cm³/mol. The highest BCUT2D eigenvalue weighted by Crippen LogP contribution is 2.40. The zero-order valence-corrected chi connectivity index (χ0v) is 11.4. The number of aliphatic hydroxyl groups excluding tert-OH is 1. The molecule has 0 radical (unpaired) electrons. The molecule has 1 saturated carbocycles. The van der Waals surface area contributed by atoms with Gasteiger partial charge in [0.15, 0.2) is 0 Å². The molecule has 3 aliphatic rings. The van der Waals surface area contributed by atoms with Gasteiger partial charge in [-0.25, -0.2) is 0 Å². The van der Waals surface area contributed by atoms with Crippen molar-refractivity contribution in [2.45, 2.75) is 51.0 Å². The average Bonchev–Trinajstić information content (AvgIpc) is 2.89. The third-order valence-electron chi connectivity index (χ3n) is 5.54. The van der Waals surface area contributed by atoms with Gasteiger partial charge in [-0.15, -0.1) is 0 Å². The summed E-state index contributed by atoms with van der Waals surface area (Å²) in [6.45, 7) is 4.37. The molecule has 0 spiro atoms. The van der Waals surface area contributed by atoms with Crippen LogP contribution < -0.4 is 0 Å². The van der Waals surface area contributed by atoms with Crippen LogP contribution in [-0.2, 0) is 4.74 Å². The quantitative estimate of drug-likeness (QED) is 0.835. The number of ether oxygens (including phenoxy) is 1. The smallest absolute Gasteiger partial charge is 0.0501 e. The van der Waals surface area contributed by atoms with E-state index in [1.54, 1.807) is 0 Å². The molecular formula is C15H27NO2. The van der Waals surface area contributed by atoms with E-state index in [2.05, 4.69) is 4.90 Å². The summed E-state index contributed by atoms with van der Waals surface area (Å²) in [5.74, 6) is 0.953. The highest BCUT2D eigenvalue weighted by molar-refractivity contribution is 4.93. The predicted octanol–water partition coefficient (Wildman–Crippen LogP) is 2.04. The van der Waals surface area contributed by atoms with E-state index in [4.69, 9.17) is 4.74 Å². The van der Waals surface area contributed by atoms with E-state index in [0.29, 0.717) is 6.61 Å². The van der Waals surface area contributed by atoms with Crippen molar-refractivity contribution in [3.8, 4) is 0 Å². The molecule has 0 aromatic rings. The molecule has 0 bridgehead atoms. The first-order chi connectivity index (χ1) is 8.83. The van der Waals surface area contributed by atoms with E-state index >= 15 is 0 Å². The van der Waals surface area contributed by atoms with Crippen molar-refractivity contribution in [3.63, 3.8) is 0 Å². The summed E-state index contributed by atoms with van der Waals surface area (Å²) in [6.07, 6.45) is 9.13. The number of fused-ring (bicyclic) bond motifs is 1. The molecule has 2 heterocycles. The Morgan fingerprint density at radius 1 is 1.11 bits per heavy atom. The Morgan fingerprint density at radius 2 is 1.89 bits per heavy atom. The van der Waals surface area contributed by atoms with Gasteiger partial charge in [0.05, 0.1) is 6.61 Å². The molecule has 0 aromatic carbocycles. The van der Waals surface area contributed by atoms with Gasteiger partial charge in [0, 0.05) is 31.2 Å². The summed E-state index contributed by atoms with van der Waals surface area (Å²) in [6, 6.07) is 0.824. The molecule has 0 aromatic heterocycles. The van der Waals surface area contributed by atoms with Gasteiger partial charge in [-0.05, 0) is 51.0 Å². The van der Waals surface area contributed by atoms with Crippen LogP contribution in [0, 0.1) is 11.3 Å². The van der Waals surface area contributed by atoms with E-state index in [0.717, 1.165) is 44.6 Å². The van der Waals surface area contributed by atoms with Gasteiger partial charge in [0.1, 0.15) is 0 Å². The number of aliphatic hydroxyl groups is 1. The summed E-state index contributed by atoms with van der Waals surface area (Å²) in [7, 11) is 0. The lowest BCUT2D eigenvalue weighted by atomic mass is 9.79. The van der Waals surface area contributed by atoms with Gasteiger partial charge >= 0.3 is 0 Å². The number of rotatable bonds is 3. The molecule has 0 amide bonds. The topological polar surface area (TPSA) is 32.7 Å². The maximum atomic E-state index is 9.83. The molecule has 104 valence electrons. The molecule has 3 nitrogen and oxygen atoms in total. The van der Waals surface area contributed by atoms with Gasteiger partial charge in [-0.3, -0.25) is 4.90 Å². The van der Waals surface area contributed by atoms with E-state index in [-0.39, 0.29) is 5.41 Å². The molecule has 3 rings (SSSR count). The summed E-state index contributed by atoms with van der Waals surface area (Å²) in [5.41, 5.74) is 0.128. The van der Waals surface area contributed by atoms with Crippen molar-refractivity contribution in [1.82, 2.24) is 4.90 Å². The van der Waals surface area contributed by atoms with Crippen molar-refractivity contribution >= 4 is 0 Å². The largest absolute Gasteiger partial charge is 0.396 e. The third kappa shape index (κ3) is 2.45. The molecular weight excluding hydrogens is 226 g/mol. The van der Waals surface area contributed by atoms with Crippen molar-refractivity contribution in [1.29, 1.82) is 0 Å². The standard InChI is InChI=1S/C15H27NO2/c17-12-15(6-9-18-10-7-15)11-16-8-2-4-13-3-1-5-14(13)16/h13-14,17H,1-12H2. The Balaban J connectivity index is 1.66. The van der Waals surface area contributed by atoms with Crippen LogP contribution in [0.15, 0.2) is 0 Å². The number of nitrogens with zero attached hydrogens (tertiary/aromatic N) is 1. The van der Waals surface area contributed by atoms with Crippen LogP contribution >= 0.6 is 0 Å². The normalized spacial score (nSPS) is 36.5. The van der Waals surface area contributed by atoms with Crippen LogP contribution in [0.1, 0.15) is 44.9 Å². The number of hydrogen-bond acceptors (Lipinski definition) is 3. The molecule has 2 aliphatic heterocycles.